The van der Waals surface area contributed by atoms with E-state index < -0.39 is 5.25 Å². The summed E-state index contributed by atoms with van der Waals surface area (Å²) in [5, 5.41) is 7.61. The zero-order valence-corrected chi connectivity index (χ0v) is 23.5. The van der Waals surface area contributed by atoms with Crippen LogP contribution in [0.15, 0.2) is 78.9 Å². The van der Waals surface area contributed by atoms with Gasteiger partial charge in [-0.05, 0) is 55.3 Å². The van der Waals surface area contributed by atoms with Gasteiger partial charge in [0, 0.05) is 17.2 Å². The number of halogens is 1. The van der Waals surface area contributed by atoms with Crippen LogP contribution in [0, 0.1) is 5.82 Å². The van der Waals surface area contributed by atoms with Crippen LogP contribution in [0.25, 0.3) is 16.9 Å². The summed E-state index contributed by atoms with van der Waals surface area (Å²) >= 11 is 1.41. The Hall–Kier alpha value is -4.11. The number of aromatic nitrogens is 2. The van der Waals surface area contributed by atoms with Crippen LogP contribution in [-0.2, 0) is 9.59 Å². The van der Waals surface area contributed by atoms with Crippen LogP contribution in [0.2, 0.25) is 0 Å². The smallest absolute Gasteiger partial charge is 0.240 e. The van der Waals surface area contributed by atoms with Crippen molar-refractivity contribution in [2.45, 2.75) is 31.6 Å². The van der Waals surface area contributed by atoms with E-state index in [1.165, 1.54) is 28.8 Å². The van der Waals surface area contributed by atoms with Crippen molar-refractivity contribution in [2.24, 2.45) is 0 Å². The first kappa shape index (κ1) is 27.5. The molecule has 1 aromatic heterocycles. The number of methoxy groups -OCH3 is 1. The van der Waals surface area contributed by atoms with Gasteiger partial charge in [-0.3, -0.25) is 14.5 Å². The molecule has 1 N–H and O–H groups in total. The zero-order chi connectivity index (χ0) is 28.2. The predicted molar refractivity (Wildman–Crippen MR) is 157 cm³/mol. The van der Waals surface area contributed by atoms with E-state index in [-0.39, 0.29) is 36.0 Å². The molecule has 0 unspecified atom stereocenters. The van der Waals surface area contributed by atoms with Crippen molar-refractivity contribution in [2.75, 3.05) is 24.3 Å². The second-order valence-electron chi connectivity index (χ2n) is 9.66. The maximum absolute atomic E-state index is 14.5. The number of nitrogens with one attached hydrogen (secondary N) is 1. The monoisotopic (exact) mass is 558 g/mol. The SMILES string of the molecule is CC[C@@H](C)NC(=O)CN1C(=O)CS[C@H](c2cccc(F)c2)c2c(-c3ccccc3)nn(-c3ccc(OC)cc3)c21. The summed E-state index contributed by atoms with van der Waals surface area (Å²) in [4.78, 5) is 28.4. The summed E-state index contributed by atoms with van der Waals surface area (Å²) in [6.45, 7) is 3.76. The number of amides is 2. The molecule has 5 rings (SSSR count). The van der Waals surface area contributed by atoms with Crippen molar-refractivity contribution in [1.29, 1.82) is 0 Å². The number of nitrogens with zero attached hydrogens (tertiary/aromatic N) is 3. The molecule has 0 bridgehead atoms. The minimum absolute atomic E-state index is 0.0325. The van der Waals surface area contributed by atoms with Gasteiger partial charge in [-0.2, -0.15) is 5.10 Å². The van der Waals surface area contributed by atoms with Crippen LogP contribution in [0.5, 0.6) is 5.75 Å². The van der Waals surface area contributed by atoms with Crippen LogP contribution < -0.4 is 15.0 Å². The number of benzene rings is 3. The van der Waals surface area contributed by atoms with E-state index >= 15 is 0 Å². The summed E-state index contributed by atoms with van der Waals surface area (Å²) in [6.07, 6.45) is 0.768. The van der Waals surface area contributed by atoms with Crippen molar-refractivity contribution in [1.82, 2.24) is 15.1 Å². The van der Waals surface area contributed by atoms with Crippen LogP contribution in [-0.4, -0.2) is 47.0 Å². The number of carbonyl (C=O) groups excluding carboxylic acids is 2. The number of hydrogen-bond acceptors (Lipinski definition) is 5. The molecule has 3 aromatic carbocycles. The Morgan fingerprint density at radius 1 is 1.12 bits per heavy atom. The van der Waals surface area contributed by atoms with Gasteiger partial charge in [0.2, 0.25) is 11.8 Å². The Balaban J connectivity index is 1.77. The third-order valence-electron chi connectivity index (χ3n) is 6.93. The first-order valence-electron chi connectivity index (χ1n) is 13.2. The molecule has 206 valence electrons. The van der Waals surface area contributed by atoms with Crippen molar-refractivity contribution >= 4 is 29.4 Å². The number of thioether (sulfide) groups is 1. The van der Waals surface area contributed by atoms with Gasteiger partial charge in [-0.15, -0.1) is 11.8 Å². The standard InChI is InChI=1S/C31H31FN4O3S/c1-4-20(2)33-26(37)18-35-27(38)19-40-30(22-11-8-12-23(32)17-22)28-29(21-9-6-5-7-10-21)34-36(31(28)35)24-13-15-25(39-3)16-14-24/h5-17,20,30H,4,18-19H2,1-3H3,(H,33,37)/t20-,30-/m1/s1. The maximum Gasteiger partial charge on any atom is 0.240 e. The predicted octanol–water partition coefficient (Wildman–Crippen LogP) is 5.77. The fourth-order valence-corrected chi connectivity index (χ4v) is 5.92. The molecule has 7 nitrogen and oxygen atoms in total. The molecular weight excluding hydrogens is 527 g/mol. The van der Waals surface area contributed by atoms with Gasteiger partial charge in [0.1, 0.15) is 23.9 Å². The Kier molecular flexibility index (Phi) is 8.21. The molecule has 0 aliphatic carbocycles. The van der Waals surface area contributed by atoms with Crippen molar-refractivity contribution in [3.63, 3.8) is 0 Å². The molecule has 2 heterocycles. The Morgan fingerprint density at radius 3 is 2.55 bits per heavy atom. The molecule has 40 heavy (non-hydrogen) atoms. The van der Waals surface area contributed by atoms with E-state index in [0.717, 1.165) is 23.1 Å². The highest BCUT2D eigenvalue weighted by Crippen LogP contribution is 2.48. The average Bonchev–Trinajstić information content (AvgIpc) is 3.30. The number of carbonyl (C=O) groups is 2. The van der Waals surface area contributed by atoms with Crippen LogP contribution >= 0.6 is 11.8 Å². The Labute approximate surface area is 237 Å². The van der Waals surface area contributed by atoms with E-state index in [2.05, 4.69) is 5.32 Å². The number of rotatable bonds is 8. The number of fused-ring (bicyclic) bond motifs is 1. The molecule has 0 radical (unpaired) electrons. The van der Waals surface area contributed by atoms with Crippen LogP contribution in [0.1, 0.15) is 36.6 Å². The highest BCUT2D eigenvalue weighted by atomic mass is 32.2. The van der Waals surface area contributed by atoms with Gasteiger partial charge in [-0.1, -0.05) is 49.4 Å². The molecule has 1 aliphatic heterocycles. The summed E-state index contributed by atoms with van der Waals surface area (Å²) < 4.78 is 21.5. The van der Waals surface area contributed by atoms with Crippen molar-refractivity contribution in [3.8, 4) is 22.7 Å². The maximum atomic E-state index is 14.5. The van der Waals surface area contributed by atoms with Crippen LogP contribution in [0.4, 0.5) is 10.2 Å². The first-order valence-corrected chi connectivity index (χ1v) is 14.2. The van der Waals surface area contributed by atoms with Crippen molar-refractivity contribution < 1.29 is 18.7 Å². The fraction of sp³-hybridized carbons (Fsp3) is 0.258. The van der Waals surface area contributed by atoms with E-state index in [1.54, 1.807) is 17.9 Å². The normalized spacial score (nSPS) is 15.8. The summed E-state index contributed by atoms with van der Waals surface area (Å²) in [5.41, 5.74) is 3.68. The molecule has 0 fully saturated rings. The molecule has 1 aliphatic rings. The van der Waals surface area contributed by atoms with E-state index in [0.29, 0.717) is 22.9 Å². The van der Waals surface area contributed by atoms with Crippen LogP contribution in [0.3, 0.4) is 0 Å². The quantitative estimate of drug-likeness (QED) is 0.297. The van der Waals surface area contributed by atoms with Gasteiger partial charge in [0.05, 0.1) is 29.5 Å². The lowest BCUT2D eigenvalue weighted by Gasteiger charge is -2.24. The first-order chi connectivity index (χ1) is 19.4. The van der Waals surface area contributed by atoms with Gasteiger partial charge in [0.15, 0.2) is 0 Å². The molecule has 0 spiro atoms. The molecule has 4 aromatic rings. The largest absolute Gasteiger partial charge is 0.497 e. The molecule has 2 amide bonds. The van der Waals surface area contributed by atoms with Gasteiger partial charge in [-0.25, -0.2) is 9.07 Å². The molecule has 9 heteroatoms. The van der Waals surface area contributed by atoms with Gasteiger partial charge >= 0.3 is 0 Å². The van der Waals surface area contributed by atoms with E-state index in [4.69, 9.17) is 9.84 Å². The molecule has 0 saturated heterocycles. The third kappa shape index (κ3) is 5.60. The number of anilines is 1. The lowest BCUT2D eigenvalue weighted by atomic mass is 9.99. The summed E-state index contributed by atoms with van der Waals surface area (Å²) in [7, 11) is 1.60. The minimum atomic E-state index is -0.403. The second kappa shape index (κ2) is 12.0. The minimum Gasteiger partial charge on any atom is -0.497 e. The van der Waals surface area contributed by atoms with Gasteiger partial charge < -0.3 is 10.1 Å². The number of ether oxygens (including phenoxy) is 1. The summed E-state index contributed by atoms with van der Waals surface area (Å²) in [6, 6.07) is 23.5. The fourth-order valence-electron chi connectivity index (χ4n) is 4.73. The highest BCUT2D eigenvalue weighted by Gasteiger charge is 2.37. The average molecular weight is 559 g/mol. The molecular formula is C31H31FN4O3S. The lowest BCUT2D eigenvalue weighted by molar-refractivity contribution is -0.123. The lowest BCUT2D eigenvalue weighted by Crippen LogP contribution is -2.44. The zero-order valence-electron chi connectivity index (χ0n) is 22.6. The van der Waals surface area contributed by atoms with Gasteiger partial charge in [0.25, 0.3) is 0 Å². The summed E-state index contributed by atoms with van der Waals surface area (Å²) in [5.74, 6) is 0.449. The van der Waals surface area contributed by atoms with Crippen molar-refractivity contribution in [3.05, 3.63) is 95.8 Å². The Bertz CT molecular complexity index is 1510. The topological polar surface area (TPSA) is 76.5 Å². The Morgan fingerprint density at radius 2 is 1.88 bits per heavy atom. The third-order valence-corrected chi connectivity index (χ3v) is 8.18. The number of hydrogen-bond donors (Lipinski definition) is 1. The van der Waals surface area contributed by atoms with E-state index in [9.17, 15) is 14.0 Å². The second-order valence-corrected chi connectivity index (χ2v) is 10.8. The molecule has 0 saturated carbocycles. The molecule has 2 atom stereocenters. The van der Waals surface area contributed by atoms with E-state index in [1.807, 2.05) is 74.5 Å². The highest BCUT2D eigenvalue weighted by molar-refractivity contribution is 8.00.